The lowest BCUT2D eigenvalue weighted by Crippen LogP contribution is -2.26. The summed E-state index contributed by atoms with van der Waals surface area (Å²) in [5, 5.41) is 12.4. The van der Waals surface area contributed by atoms with Crippen molar-refractivity contribution in [3.63, 3.8) is 0 Å². The topological polar surface area (TPSA) is 67.5 Å². The zero-order valence-corrected chi connectivity index (χ0v) is 10.8. The third-order valence-corrected chi connectivity index (χ3v) is 2.44. The SMILES string of the molecule is CCOc1cc(N)cc(NCC(C)(C)CO)c1. The summed E-state index contributed by atoms with van der Waals surface area (Å²) in [7, 11) is 0. The number of aliphatic hydroxyl groups is 1. The summed E-state index contributed by atoms with van der Waals surface area (Å²) < 4.78 is 5.42. The van der Waals surface area contributed by atoms with Gasteiger partial charge in [0.05, 0.1) is 6.61 Å². The fourth-order valence-electron chi connectivity index (χ4n) is 1.37. The van der Waals surface area contributed by atoms with Crippen LogP contribution in [0.2, 0.25) is 0 Å². The van der Waals surface area contributed by atoms with Crippen molar-refractivity contribution in [2.75, 3.05) is 30.8 Å². The number of hydrogen-bond donors (Lipinski definition) is 3. The van der Waals surface area contributed by atoms with Crippen molar-refractivity contribution in [1.29, 1.82) is 0 Å². The molecule has 0 bridgehead atoms. The lowest BCUT2D eigenvalue weighted by atomic mass is 9.95. The van der Waals surface area contributed by atoms with E-state index in [1.54, 1.807) is 6.07 Å². The summed E-state index contributed by atoms with van der Waals surface area (Å²) in [6, 6.07) is 5.56. The minimum absolute atomic E-state index is 0.140. The molecular formula is C13H22N2O2. The predicted octanol–water partition coefficient (Wildman–Crippen LogP) is 2.10. The van der Waals surface area contributed by atoms with E-state index in [0.29, 0.717) is 18.8 Å². The van der Waals surface area contributed by atoms with Gasteiger partial charge in [-0.3, -0.25) is 0 Å². The normalized spacial score (nSPS) is 11.3. The molecule has 0 unspecified atom stereocenters. The van der Waals surface area contributed by atoms with Gasteiger partial charge in [0.15, 0.2) is 0 Å². The molecule has 0 heterocycles. The molecule has 4 N–H and O–H groups in total. The number of nitrogens with two attached hydrogens (primary N) is 1. The van der Waals surface area contributed by atoms with Crippen LogP contribution in [0.15, 0.2) is 18.2 Å². The van der Waals surface area contributed by atoms with Gasteiger partial charge in [0.25, 0.3) is 0 Å². The molecule has 0 fully saturated rings. The largest absolute Gasteiger partial charge is 0.494 e. The lowest BCUT2D eigenvalue weighted by Gasteiger charge is -2.23. The monoisotopic (exact) mass is 238 g/mol. The molecule has 4 nitrogen and oxygen atoms in total. The van der Waals surface area contributed by atoms with Crippen LogP contribution in [0, 0.1) is 5.41 Å². The van der Waals surface area contributed by atoms with Crippen molar-refractivity contribution in [3.8, 4) is 5.75 Å². The molecule has 0 aliphatic heterocycles. The quantitative estimate of drug-likeness (QED) is 0.664. The third-order valence-electron chi connectivity index (χ3n) is 2.44. The Morgan fingerprint density at radius 2 is 2.06 bits per heavy atom. The summed E-state index contributed by atoms with van der Waals surface area (Å²) in [5.74, 6) is 0.761. The van der Waals surface area contributed by atoms with Crippen LogP contribution in [0.1, 0.15) is 20.8 Å². The zero-order chi connectivity index (χ0) is 12.9. The molecule has 0 atom stereocenters. The highest BCUT2D eigenvalue weighted by atomic mass is 16.5. The third kappa shape index (κ3) is 4.53. The molecule has 96 valence electrons. The van der Waals surface area contributed by atoms with E-state index in [1.807, 2.05) is 32.9 Å². The minimum Gasteiger partial charge on any atom is -0.494 e. The maximum atomic E-state index is 9.18. The molecule has 1 aromatic carbocycles. The van der Waals surface area contributed by atoms with E-state index >= 15 is 0 Å². The molecule has 0 aromatic heterocycles. The first-order valence-corrected chi connectivity index (χ1v) is 5.85. The number of hydrogen-bond acceptors (Lipinski definition) is 4. The molecular weight excluding hydrogens is 216 g/mol. The van der Waals surface area contributed by atoms with Gasteiger partial charge in [-0.2, -0.15) is 0 Å². The first-order valence-electron chi connectivity index (χ1n) is 5.85. The van der Waals surface area contributed by atoms with Crippen molar-refractivity contribution in [1.82, 2.24) is 0 Å². The second-order valence-electron chi connectivity index (χ2n) is 4.90. The van der Waals surface area contributed by atoms with Crippen molar-refractivity contribution in [3.05, 3.63) is 18.2 Å². The van der Waals surface area contributed by atoms with Crippen molar-refractivity contribution in [2.24, 2.45) is 5.41 Å². The van der Waals surface area contributed by atoms with Crippen LogP contribution in [0.4, 0.5) is 11.4 Å². The average Bonchev–Trinajstić information content (AvgIpc) is 2.26. The number of anilines is 2. The van der Waals surface area contributed by atoms with E-state index in [9.17, 15) is 5.11 Å². The second kappa shape index (κ2) is 5.77. The second-order valence-corrected chi connectivity index (χ2v) is 4.90. The van der Waals surface area contributed by atoms with Gasteiger partial charge in [-0.1, -0.05) is 13.8 Å². The lowest BCUT2D eigenvalue weighted by molar-refractivity contribution is 0.171. The standard InChI is InChI=1S/C13H22N2O2/c1-4-17-12-6-10(14)5-11(7-12)15-8-13(2,3)9-16/h5-7,15-16H,4,8-9,14H2,1-3H3. The van der Waals surface area contributed by atoms with Gasteiger partial charge in [-0.15, -0.1) is 0 Å². The Kier molecular flexibility index (Phi) is 4.63. The van der Waals surface area contributed by atoms with Gasteiger partial charge < -0.3 is 20.9 Å². The van der Waals surface area contributed by atoms with E-state index in [4.69, 9.17) is 10.5 Å². The molecule has 0 aliphatic rings. The van der Waals surface area contributed by atoms with E-state index in [-0.39, 0.29) is 12.0 Å². The molecule has 0 spiro atoms. The van der Waals surface area contributed by atoms with Gasteiger partial charge in [0, 0.05) is 42.1 Å². The molecule has 4 heteroatoms. The average molecular weight is 238 g/mol. The molecule has 17 heavy (non-hydrogen) atoms. The van der Waals surface area contributed by atoms with Crippen molar-refractivity contribution >= 4 is 11.4 Å². The molecule has 1 rings (SSSR count). The summed E-state index contributed by atoms with van der Waals surface area (Å²) in [5.41, 5.74) is 7.21. The van der Waals surface area contributed by atoms with Crippen LogP contribution in [0.3, 0.4) is 0 Å². The van der Waals surface area contributed by atoms with E-state index < -0.39 is 0 Å². The van der Waals surface area contributed by atoms with Gasteiger partial charge in [0.1, 0.15) is 5.75 Å². The first kappa shape index (κ1) is 13.6. The molecule has 1 aromatic rings. The van der Waals surface area contributed by atoms with Crippen LogP contribution >= 0.6 is 0 Å². The summed E-state index contributed by atoms with van der Waals surface area (Å²) >= 11 is 0. The summed E-state index contributed by atoms with van der Waals surface area (Å²) in [6.45, 7) is 7.36. The number of aliphatic hydroxyl groups excluding tert-OH is 1. The number of benzene rings is 1. The summed E-state index contributed by atoms with van der Waals surface area (Å²) in [4.78, 5) is 0. The van der Waals surface area contributed by atoms with Gasteiger partial charge in [0.2, 0.25) is 0 Å². The Morgan fingerprint density at radius 1 is 1.35 bits per heavy atom. The maximum absolute atomic E-state index is 9.18. The summed E-state index contributed by atoms with van der Waals surface area (Å²) in [6.07, 6.45) is 0. The number of ether oxygens (including phenoxy) is 1. The van der Waals surface area contributed by atoms with E-state index in [0.717, 1.165) is 11.4 Å². The highest BCUT2D eigenvalue weighted by molar-refractivity contribution is 5.59. The molecule has 0 saturated carbocycles. The van der Waals surface area contributed by atoms with Gasteiger partial charge >= 0.3 is 0 Å². The van der Waals surface area contributed by atoms with Gasteiger partial charge in [-0.25, -0.2) is 0 Å². The first-order chi connectivity index (χ1) is 7.96. The fourth-order valence-corrected chi connectivity index (χ4v) is 1.37. The molecule has 0 amide bonds. The Labute approximate surface area is 103 Å². The van der Waals surface area contributed by atoms with Crippen molar-refractivity contribution in [2.45, 2.75) is 20.8 Å². The number of rotatable bonds is 6. The van der Waals surface area contributed by atoms with Crippen LogP contribution in [-0.4, -0.2) is 24.9 Å². The van der Waals surface area contributed by atoms with Crippen LogP contribution in [0.25, 0.3) is 0 Å². The maximum Gasteiger partial charge on any atom is 0.123 e. The van der Waals surface area contributed by atoms with Crippen LogP contribution in [0.5, 0.6) is 5.75 Å². The van der Waals surface area contributed by atoms with Crippen LogP contribution < -0.4 is 15.8 Å². The minimum atomic E-state index is -0.156. The molecule has 0 radical (unpaired) electrons. The van der Waals surface area contributed by atoms with E-state index in [1.165, 1.54) is 0 Å². The smallest absolute Gasteiger partial charge is 0.123 e. The molecule has 0 saturated heterocycles. The number of nitrogen functional groups attached to an aromatic ring is 1. The highest BCUT2D eigenvalue weighted by Crippen LogP contribution is 2.24. The Hall–Kier alpha value is -1.42. The van der Waals surface area contributed by atoms with Crippen molar-refractivity contribution < 1.29 is 9.84 Å². The van der Waals surface area contributed by atoms with Crippen LogP contribution in [-0.2, 0) is 0 Å². The highest BCUT2D eigenvalue weighted by Gasteiger charge is 2.15. The fraction of sp³-hybridized carbons (Fsp3) is 0.538. The predicted molar refractivity (Wildman–Crippen MR) is 71.4 cm³/mol. The Balaban J connectivity index is 2.70. The Morgan fingerprint density at radius 3 is 2.65 bits per heavy atom. The zero-order valence-electron chi connectivity index (χ0n) is 10.8. The van der Waals surface area contributed by atoms with Gasteiger partial charge in [-0.05, 0) is 13.0 Å². The Bertz CT molecular complexity index is 364. The van der Waals surface area contributed by atoms with E-state index in [2.05, 4.69) is 5.32 Å². The number of nitrogens with one attached hydrogen (secondary N) is 1. The molecule has 0 aliphatic carbocycles.